The van der Waals surface area contributed by atoms with E-state index in [1.54, 1.807) is 35.9 Å². The van der Waals surface area contributed by atoms with Gasteiger partial charge < -0.3 is 16.0 Å². The highest BCUT2D eigenvalue weighted by atomic mass is 32.1. The Balaban J connectivity index is 1.38. The van der Waals surface area contributed by atoms with Crippen LogP contribution in [0.2, 0.25) is 0 Å². The van der Waals surface area contributed by atoms with E-state index < -0.39 is 0 Å². The molecule has 0 spiro atoms. The molecule has 1 fully saturated rings. The second-order valence-corrected chi connectivity index (χ2v) is 8.63. The predicted octanol–water partition coefficient (Wildman–Crippen LogP) is 3.46. The Morgan fingerprint density at radius 3 is 2.73 bits per heavy atom. The van der Waals surface area contributed by atoms with Crippen LogP contribution in [-0.4, -0.2) is 40.0 Å². The monoisotopic (exact) mass is 416 g/mol. The van der Waals surface area contributed by atoms with Gasteiger partial charge in [0.05, 0.1) is 9.88 Å². The predicted molar refractivity (Wildman–Crippen MR) is 120 cm³/mol. The third kappa shape index (κ3) is 3.62. The Bertz CT molecular complexity index is 1250. The number of fused-ring (bicyclic) bond motifs is 1. The second-order valence-electron chi connectivity index (χ2n) is 7.40. The number of rotatable bonds is 4. The lowest BCUT2D eigenvalue weighted by Crippen LogP contribution is -2.56. The van der Waals surface area contributed by atoms with Gasteiger partial charge in [-0.15, -0.1) is 11.3 Å². The SMILES string of the molecule is Cc1ncc(-c2ccc3cnc(NC(=O)c4ccnc(N5CC(N)C5)c4)cc3c2)s1. The summed E-state index contributed by atoms with van der Waals surface area (Å²) in [6.07, 6.45) is 5.30. The number of pyridine rings is 2. The number of amides is 1. The van der Waals surface area contributed by atoms with Crippen molar-refractivity contribution >= 4 is 39.7 Å². The molecule has 3 aromatic heterocycles. The molecule has 1 aromatic carbocycles. The minimum Gasteiger partial charge on any atom is -0.353 e. The first kappa shape index (κ1) is 18.7. The van der Waals surface area contributed by atoms with Crippen molar-refractivity contribution < 1.29 is 4.79 Å². The number of carbonyl (C=O) groups excluding carboxylic acids is 1. The van der Waals surface area contributed by atoms with Gasteiger partial charge in [0, 0.05) is 48.7 Å². The molecule has 30 heavy (non-hydrogen) atoms. The Kier molecular flexibility index (Phi) is 4.65. The average Bonchev–Trinajstić information content (AvgIpc) is 3.17. The Morgan fingerprint density at radius 2 is 1.97 bits per heavy atom. The molecule has 1 aliphatic rings. The van der Waals surface area contributed by atoms with Crippen LogP contribution in [0.5, 0.6) is 0 Å². The van der Waals surface area contributed by atoms with Crippen LogP contribution in [0.3, 0.4) is 0 Å². The Hall–Kier alpha value is -3.36. The van der Waals surface area contributed by atoms with Crippen molar-refractivity contribution in [3.8, 4) is 10.4 Å². The molecule has 1 aliphatic heterocycles. The summed E-state index contributed by atoms with van der Waals surface area (Å²) >= 11 is 1.66. The smallest absolute Gasteiger partial charge is 0.257 e. The highest BCUT2D eigenvalue weighted by Gasteiger charge is 2.24. The van der Waals surface area contributed by atoms with E-state index >= 15 is 0 Å². The van der Waals surface area contributed by atoms with E-state index in [1.807, 2.05) is 25.3 Å². The molecular formula is C22H20N6OS. The van der Waals surface area contributed by atoms with Crippen LogP contribution in [0.4, 0.5) is 11.6 Å². The molecule has 8 heteroatoms. The van der Waals surface area contributed by atoms with Gasteiger partial charge in [0.2, 0.25) is 0 Å². The van der Waals surface area contributed by atoms with Crippen molar-refractivity contribution in [2.45, 2.75) is 13.0 Å². The summed E-state index contributed by atoms with van der Waals surface area (Å²) in [5.74, 6) is 1.05. The van der Waals surface area contributed by atoms with Crippen molar-refractivity contribution in [3.63, 3.8) is 0 Å². The summed E-state index contributed by atoms with van der Waals surface area (Å²) in [6.45, 7) is 3.51. The highest BCUT2D eigenvalue weighted by molar-refractivity contribution is 7.15. The highest BCUT2D eigenvalue weighted by Crippen LogP contribution is 2.29. The first-order chi connectivity index (χ1) is 14.5. The third-order valence-corrected chi connectivity index (χ3v) is 6.07. The maximum Gasteiger partial charge on any atom is 0.257 e. The van der Waals surface area contributed by atoms with Gasteiger partial charge in [-0.05, 0) is 42.1 Å². The number of benzene rings is 1. The second kappa shape index (κ2) is 7.47. The van der Waals surface area contributed by atoms with Gasteiger partial charge in [-0.1, -0.05) is 12.1 Å². The van der Waals surface area contributed by atoms with Gasteiger partial charge >= 0.3 is 0 Å². The van der Waals surface area contributed by atoms with Crippen LogP contribution in [-0.2, 0) is 0 Å². The number of carbonyl (C=O) groups is 1. The van der Waals surface area contributed by atoms with E-state index in [0.717, 1.165) is 45.1 Å². The molecule has 1 amide bonds. The minimum absolute atomic E-state index is 0.171. The van der Waals surface area contributed by atoms with Gasteiger partial charge in [0.1, 0.15) is 11.6 Å². The topological polar surface area (TPSA) is 97.0 Å². The van der Waals surface area contributed by atoms with E-state index in [4.69, 9.17) is 5.73 Å². The van der Waals surface area contributed by atoms with Crippen molar-refractivity contribution in [3.05, 3.63) is 65.6 Å². The molecule has 150 valence electrons. The zero-order valence-corrected chi connectivity index (χ0v) is 17.2. The molecular weight excluding hydrogens is 396 g/mol. The maximum absolute atomic E-state index is 12.8. The van der Waals surface area contributed by atoms with Gasteiger partial charge in [-0.3, -0.25) is 4.79 Å². The van der Waals surface area contributed by atoms with E-state index in [1.165, 1.54) is 0 Å². The lowest BCUT2D eigenvalue weighted by molar-refractivity contribution is 0.102. The summed E-state index contributed by atoms with van der Waals surface area (Å²) in [4.78, 5) is 29.0. The first-order valence-electron chi connectivity index (χ1n) is 9.66. The summed E-state index contributed by atoms with van der Waals surface area (Å²) < 4.78 is 0. The molecule has 1 saturated heterocycles. The molecule has 7 nitrogen and oxygen atoms in total. The van der Waals surface area contributed by atoms with Crippen molar-refractivity contribution in [2.24, 2.45) is 5.73 Å². The van der Waals surface area contributed by atoms with Gasteiger partial charge in [-0.2, -0.15) is 0 Å². The fourth-order valence-electron chi connectivity index (χ4n) is 3.48. The standard InChI is InChI=1S/C22H20N6OS/c1-13-25-10-19(30-13)14-2-3-16-9-26-20(7-17(16)6-14)27-22(29)15-4-5-24-21(8-15)28-11-18(23)12-28/h2-10,18H,11-12,23H2,1H3,(H,26,27,29). The first-order valence-corrected chi connectivity index (χ1v) is 10.5. The molecule has 0 unspecified atom stereocenters. The normalized spacial score (nSPS) is 14.0. The summed E-state index contributed by atoms with van der Waals surface area (Å²) in [5.41, 5.74) is 7.48. The summed E-state index contributed by atoms with van der Waals surface area (Å²) in [5, 5.41) is 5.95. The van der Waals surface area contributed by atoms with Gasteiger partial charge in [-0.25, -0.2) is 15.0 Å². The number of hydrogen-bond donors (Lipinski definition) is 2. The molecule has 4 heterocycles. The number of hydrogen-bond acceptors (Lipinski definition) is 7. The zero-order valence-electron chi connectivity index (χ0n) is 16.4. The van der Waals surface area contributed by atoms with Crippen molar-refractivity contribution in [2.75, 3.05) is 23.3 Å². The summed E-state index contributed by atoms with van der Waals surface area (Å²) in [7, 11) is 0. The number of nitrogens with one attached hydrogen (secondary N) is 1. The summed E-state index contributed by atoms with van der Waals surface area (Å²) in [6, 6.07) is 11.7. The Labute approximate surface area is 177 Å². The number of anilines is 2. The molecule has 0 radical (unpaired) electrons. The lowest BCUT2D eigenvalue weighted by Gasteiger charge is -2.37. The zero-order chi connectivity index (χ0) is 20.7. The number of aromatic nitrogens is 3. The van der Waals surface area contributed by atoms with Crippen LogP contribution in [0.15, 0.2) is 55.0 Å². The molecule has 0 aliphatic carbocycles. The van der Waals surface area contributed by atoms with E-state index in [2.05, 4.69) is 37.3 Å². The Morgan fingerprint density at radius 1 is 1.10 bits per heavy atom. The van der Waals surface area contributed by atoms with Crippen LogP contribution in [0, 0.1) is 6.92 Å². The van der Waals surface area contributed by atoms with Crippen LogP contribution in [0.25, 0.3) is 21.2 Å². The van der Waals surface area contributed by atoms with Crippen molar-refractivity contribution in [1.29, 1.82) is 0 Å². The van der Waals surface area contributed by atoms with Gasteiger partial charge in [0.15, 0.2) is 0 Å². The fourth-order valence-corrected chi connectivity index (χ4v) is 4.25. The third-order valence-electron chi connectivity index (χ3n) is 5.11. The number of thiazole rings is 1. The average molecular weight is 417 g/mol. The molecule has 0 atom stereocenters. The van der Waals surface area contributed by atoms with Crippen LogP contribution >= 0.6 is 11.3 Å². The van der Waals surface area contributed by atoms with Crippen LogP contribution in [0.1, 0.15) is 15.4 Å². The van der Waals surface area contributed by atoms with E-state index in [-0.39, 0.29) is 11.9 Å². The molecule has 0 bridgehead atoms. The maximum atomic E-state index is 12.8. The minimum atomic E-state index is -0.218. The largest absolute Gasteiger partial charge is 0.353 e. The van der Waals surface area contributed by atoms with Gasteiger partial charge in [0.25, 0.3) is 5.91 Å². The number of nitrogens with two attached hydrogens (primary N) is 1. The van der Waals surface area contributed by atoms with Crippen LogP contribution < -0.4 is 16.0 Å². The molecule has 3 N–H and O–H groups in total. The number of aryl methyl sites for hydroxylation is 1. The van der Waals surface area contributed by atoms with Crippen molar-refractivity contribution in [1.82, 2.24) is 15.0 Å². The quantitative estimate of drug-likeness (QED) is 0.529. The lowest BCUT2D eigenvalue weighted by atomic mass is 10.1. The molecule has 4 aromatic rings. The van der Waals surface area contributed by atoms with E-state index in [9.17, 15) is 4.79 Å². The fraction of sp³-hybridized carbons (Fsp3) is 0.182. The molecule has 5 rings (SSSR count). The van der Waals surface area contributed by atoms with E-state index in [0.29, 0.717) is 11.4 Å². The molecule has 0 saturated carbocycles. The number of nitrogens with zero attached hydrogens (tertiary/aromatic N) is 4.